The maximum Gasteiger partial charge on any atom is 0.358 e. The summed E-state index contributed by atoms with van der Waals surface area (Å²) in [5.74, 6) is -1.06. The quantitative estimate of drug-likeness (QED) is 0.763. The van der Waals surface area contributed by atoms with Crippen LogP contribution in [0.3, 0.4) is 0 Å². The summed E-state index contributed by atoms with van der Waals surface area (Å²) in [6.45, 7) is 4.47. The molecular formula is C11H16N2O4. The maximum absolute atomic E-state index is 11.4. The molecule has 6 nitrogen and oxygen atoms in total. The van der Waals surface area contributed by atoms with Gasteiger partial charge in [-0.1, -0.05) is 13.8 Å². The van der Waals surface area contributed by atoms with Gasteiger partial charge in [-0.3, -0.25) is 5.10 Å². The van der Waals surface area contributed by atoms with E-state index in [1.807, 2.05) is 13.8 Å². The molecule has 94 valence electrons. The number of rotatable bonds is 6. The van der Waals surface area contributed by atoms with Gasteiger partial charge in [0, 0.05) is 6.07 Å². The van der Waals surface area contributed by atoms with Crippen molar-refractivity contribution in [3.05, 3.63) is 17.5 Å². The zero-order valence-electron chi connectivity index (χ0n) is 9.99. The van der Waals surface area contributed by atoms with E-state index >= 15 is 0 Å². The molecule has 0 unspecified atom stereocenters. The van der Waals surface area contributed by atoms with E-state index in [9.17, 15) is 9.59 Å². The third-order valence-electron chi connectivity index (χ3n) is 1.88. The Bertz CT molecular complexity index is 352. The van der Waals surface area contributed by atoms with Crippen molar-refractivity contribution in [3.8, 4) is 0 Å². The monoisotopic (exact) mass is 240 g/mol. The highest BCUT2D eigenvalue weighted by molar-refractivity contribution is 5.92. The number of nitrogens with one attached hydrogen (secondary N) is 1. The molecule has 0 bridgehead atoms. The van der Waals surface area contributed by atoms with Gasteiger partial charge in [0.05, 0.1) is 13.2 Å². The molecule has 0 saturated heterocycles. The highest BCUT2D eigenvalue weighted by Gasteiger charge is 2.16. The van der Waals surface area contributed by atoms with Gasteiger partial charge in [0.1, 0.15) is 5.69 Å². The number of ether oxygens (including phenoxy) is 2. The normalized spacial score (nSPS) is 10.0. The number of hydrogen-bond acceptors (Lipinski definition) is 5. The van der Waals surface area contributed by atoms with E-state index < -0.39 is 11.9 Å². The van der Waals surface area contributed by atoms with Gasteiger partial charge >= 0.3 is 11.9 Å². The van der Waals surface area contributed by atoms with Crippen LogP contribution < -0.4 is 0 Å². The van der Waals surface area contributed by atoms with Crippen LogP contribution in [0.5, 0.6) is 0 Å². The van der Waals surface area contributed by atoms with Crippen molar-refractivity contribution in [2.24, 2.45) is 0 Å². The molecule has 0 aliphatic carbocycles. The number of nitrogens with zero attached hydrogens (tertiary/aromatic N) is 1. The zero-order chi connectivity index (χ0) is 12.7. The summed E-state index contributed by atoms with van der Waals surface area (Å²) in [5, 5.41) is 6.14. The molecule has 0 aliphatic rings. The fraction of sp³-hybridized carbons (Fsp3) is 0.545. The number of carbonyl (C=O) groups is 2. The number of esters is 2. The molecule has 1 heterocycles. The molecule has 0 spiro atoms. The van der Waals surface area contributed by atoms with Crippen LogP contribution in [0.25, 0.3) is 0 Å². The van der Waals surface area contributed by atoms with Crippen LogP contribution >= 0.6 is 0 Å². The summed E-state index contributed by atoms with van der Waals surface area (Å²) in [6, 6.07) is 1.33. The van der Waals surface area contributed by atoms with Crippen LogP contribution in [-0.4, -0.2) is 35.3 Å². The first-order chi connectivity index (χ1) is 8.19. The molecule has 1 aromatic heterocycles. The molecule has 0 atom stereocenters. The number of carbonyl (C=O) groups excluding carboxylic acids is 2. The first-order valence-electron chi connectivity index (χ1n) is 5.58. The maximum atomic E-state index is 11.4. The Morgan fingerprint density at radius 1 is 1.18 bits per heavy atom. The summed E-state index contributed by atoms with van der Waals surface area (Å²) in [5.41, 5.74) is 0.240. The van der Waals surface area contributed by atoms with Gasteiger partial charge in [-0.2, -0.15) is 5.10 Å². The smallest absolute Gasteiger partial charge is 0.358 e. The van der Waals surface area contributed by atoms with Gasteiger partial charge in [-0.15, -0.1) is 0 Å². The second-order valence-electron chi connectivity index (χ2n) is 3.44. The van der Waals surface area contributed by atoms with Gasteiger partial charge in [0.15, 0.2) is 5.69 Å². The van der Waals surface area contributed by atoms with Gasteiger partial charge in [-0.25, -0.2) is 9.59 Å². The standard InChI is InChI=1S/C11H16N2O4/c1-3-5-16-10(14)8-7-9(13-12-8)11(15)17-6-4-2/h7H,3-6H2,1-2H3,(H,12,13). The van der Waals surface area contributed by atoms with Gasteiger partial charge in [0.25, 0.3) is 0 Å². The van der Waals surface area contributed by atoms with Crippen molar-refractivity contribution in [3.63, 3.8) is 0 Å². The summed E-state index contributed by atoms with van der Waals surface area (Å²) in [7, 11) is 0. The Hall–Kier alpha value is -1.85. The van der Waals surface area contributed by atoms with Crippen molar-refractivity contribution >= 4 is 11.9 Å². The van der Waals surface area contributed by atoms with Crippen molar-refractivity contribution in [2.75, 3.05) is 13.2 Å². The molecule has 0 fully saturated rings. The van der Waals surface area contributed by atoms with Crippen LogP contribution in [-0.2, 0) is 9.47 Å². The third kappa shape index (κ3) is 3.90. The SMILES string of the molecule is CCCOC(=O)c1cc(C(=O)OCCC)[nH]n1. The molecule has 1 rings (SSSR count). The number of hydrogen-bond donors (Lipinski definition) is 1. The van der Waals surface area contributed by atoms with Gasteiger partial charge in [0.2, 0.25) is 0 Å². The Balaban J connectivity index is 2.58. The fourth-order valence-electron chi connectivity index (χ4n) is 1.07. The van der Waals surface area contributed by atoms with Crippen LogP contribution in [0.15, 0.2) is 6.07 Å². The molecule has 0 amide bonds. The van der Waals surface area contributed by atoms with E-state index in [2.05, 4.69) is 10.2 Å². The molecule has 0 aliphatic heterocycles. The Morgan fingerprint density at radius 2 is 1.76 bits per heavy atom. The molecule has 0 saturated carbocycles. The highest BCUT2D eigenvalue weighted by Crippen LogP contribution is 2.04. The third-order valence-corrected chi connectivity index (χ3v) is 1.88. The molecular weight excluding hydrogens is 224 g/mol. The topological polar surface area (TPSA) is 81.3 Å². The van der Waals surface area contributed by atoms with Crippen molar-refractivity contribution in [2.45, 2.75) is 26.7 Å². The summed E-state index contributed by atoms with van der Waals surface area (Å²) in [4.78, 5) is 22.8. The number of aromatic nitrogens is 2. The van der Waals surface area contributed by atoms with E-state index in [1.54, 1.807) is 0 Å². The van der Waals surface area contributed by atoms with Crippen LogP contribution in [0.1, 0.15) is 47.7 Å². The van der Waals surface area contributed by atoms with Crippen molar-refractivity contribution < 1.29 is 19.1 Å². The molecule has 0 radical (unpaired) electrons. The molecule has 0 aromatic carbocycles. The Morgan fingerprint density at radius 3 is 2.35 bits per heavy atom. The molecule has 6 heteroatoms. The van der Waals surface area contributed by atoms with Crippen molar-refractivity contribution in [1.29, 1.82) is 0 Å². The second kappa shape index (κ2) is 6.67. The summed E-state index contributed by atoms with van der Waals surface area (Å²) < 4.78 is 9.77. The number of H-pyrrole nitrogens is 1. The Kier molecular flexibility index (Phi) is 5.19. The average molecular weight is 240 g/mol. The lowest BCUT2D eigenvalue weighted by Crippen LogP contribution is -2.07. The van der Waals surface area contributed by atoms with Gasteiger partial charge < -0.3 is 9.47 Å². The number of aromatic amines is 1. The minimum absolute atomic E-state index is 0.0851. The summed E-state index contributed by atoms with van der Waals surface area (Å²) in [6.07, 6.45) is 1.48. The predicted octanol–water partition coefficient (Wildman–Crippen LogP) is 1.54. The van der Waals surface area contributed by atoms with Crippen LogP contribution in [0.2, 0.25) is 0 Å². The van der Waals surface area contributed by atoms with E-state index in [0.717, 1.165) is 12.8 Å². The lowest BCUT2D eigenvalue weighted by atomic mass is 10.3. The highest BCUT2D eigenvalue weighted by atomic mass is 16.5. The van der Waals surface area contributed by atoms with Crippen LogP contribution in [0, 0.1) is 0 Å². The zero-order valence-corrected chi connectivity index (χ0v) is 9.99. The van der Waals surface area contributed by atoms with E-state index in [1.165, 1.54) is 6.07 Å². The first-order valence-corrected chi connectivity index (χ1v) is 5.58. The Labute approximate surface area is 99.3 Å². The molecule has 1 N–H and O–H groups in total. The van der Waals surface area contributed by atoms with Gasteiger partial charge in [-0.05, 0) is 12.8 Å². The minimum atomic E-state index is -0.544. The minimum Gasteiger partial charge on any atom is -0.461 e. The second-order valence-corrected chi connectivity index (χ2v) is 3.44. The molecule has 1 aromatic rings. The van der Waals surface area contributed by atoms with E-state index in [4.69, 9.17) is 9.47 Å². The largest absolute Gasteiger partial charge is 0.461 e. The van der Waals surface area contributed by atoms with Crippen molar-refractivity contribution in [1.82, 2.24) is 10.2 Å². The lowest BCUT2D eigenvalue weighted by molar-refractivity contribution is 0.0492. The average Bonchev–Trinajstić information content (AvgIpc) is 2.82. The molecule has 17 heavy (non-hydrogen) atoms. The fourth-order valence-corrected chi connectivity index (χ4v) is 1.07. The van der Waals surface area contributed by atoms with E-state index in [0.29, 0.717) is 13.2 Å². The predicted molar refractivity (Wildman–Crippen MR) is 59.7 cm³/mol. The first kappa shape index (κ1) is 13.2. The van der Waals surface area contributed by atoms with E-state index in [-0.39, 0.29) is 11.4 Å². The lowest BCUT2D eigenvalue weighted by Gasteiger charge is -1.99. The van der Waals surface area contributed by atoms with Crippen LogP contribution in [0.4, 0.5) is 0 Å². The summed E-state index contributed by atoms with van der Waals surface area (Å²) >= 11 is 0.